The number of methoxy groups -OCH3 is 3. The van der Waals surface area contributed by atoms with E-state index in [9.17, 15) is 4.79 Å². The van der Waals surface area contributed by atoms with Crippen LogP contribution >= 0.6 is 0 Å². The normalized spacial score (nSPS) is 19.9. The summed E-state index contributed by atoms with van der Waals surface area (Å²) in [5.41, 5.74) is 1.76. The van der Waals surface area contributed by atoms with E-state index in [2.05, 4.69) is 5.10 Å². The third-order valence-corrected chi connectivity index (χ3v) is 6.84. The van der Waals surface area contributed by atoms with E-state index < -0.39 is 5.60 Å². The first-order valence-corrected chi connectivity index (χ1v) is 11.9. The van der Waals surface area contributed by atoms with Gasteiger partial charge in [0, 0.05) is 20.1 Å². The molecule has 0 spiro atoms. The summed E-state index contributed by atoms with van der Waals surface area (Å²) in [6.07, 6.45) is 7.68. The molecule has 3 aromatic rings. The zero-order valence-electron chi connectivity index (χ0n) is 20.3. The Morgan fingerprint density at radius 1 is 1.14 bits per heavy atom. The molecule has 1 atom stereocenters. The molecule has 1 unspecified atom stereocenters. The molecule has 0 N–H and O–H groups in total. The first kappa shape index (κ1) is 23.3. The van der Waals surface area contributed by atoms with Gasteiger partial charge in [-0.1, -0.05) is 18.2 Å². The Morgan fingerprint density at radius 3 is 2.57 bits per heavy atom. The topological polar surface area (TPSA) is 97.6 Å². The van der Waals surface area contributed by atoms with Crippen LogP contribution in [0.5, 0.6) is 11.6 Å². The third-order valence-electron chi connectivity index (χ3n) is 6.84. The van der Waals surface area contributed by atoms with Crippen molar-refractivity contribution in [1.82, 2.24) is 19.7 Å². The fraction of sp³-hybridized carbons (Fsp3) is 0.462. The molecular weight excluding hydrogens is 448 g/mol. The van der Waals surface area contributed by atoms with Crippen molar-refractivity contribution >= 4 is 22.6 Å². The van der Waals surface area contributed by atoms with E-state index in [0.29, 0.717) is 43.5 Å². The van der Waals surface area contributed by atoms with Gasteiger partial charge in [0.1, 0.15) is 17.7 Å². The van der Waals surface area contributed by atoms with Crippen LogP contribution in [-0.4, -0.2) is 52.6 Å². The van der Waals surface area contributed by atoms with Gasteiger partial charge in [0.05, 0.1) is 20.4 Å². The van der Waals surface area contributed by atoms with Crippen molar-refractivity contribution in [3.63, 3.8) is 0 Å². The first-order valence-electron chi connectivity index (χ1n) is 11.9. The summed E-state index contributed by atoms with van der Waals surface area (Å²) < 4.78 is 23.9. The van der Waals surface area contributed by atoms with Crippen LogP contribution in [0, 0.1) is 5.92 Å². The van der Waals surface area contributed by atoms with Gasteiger partial charge in [-0.25, -0.2) is 14.5 Å². The quantitative estimate of drug-likeness (QED) is 0.427. The highest BCUT2D eigenvalue weighted by molar-refractivity contribution is 5.84. The second-order valence-corrected chi connectivity index (χ2v) is 9.12. The van der Waals surface area contributed by atoms with Crippen molar-refractivity contribution in [2.24, 2.45) is 5.92 Å². The van der Waals surface area contributed by atoms with Gasteiger partial charge < -0.3 is 18.9 Å². The van der Waals surface area contributed by atoms with Gasteiger partial charge in [-0.05, 0) is 54.9 Å². The summed E-state index contributed by atoms with van der Waals surface area (Å²) in [6, 6.07) is 7.75. The van der Waals surface area contributed by atoms with Crippen molar-refractivity contribution in [3.8, 4) is 11.6 Å². The maximum Gasteiger partial charge on any atom is 0.338 e. The molecule has 2 aliphatic rings. The molecule has 0 aliphatic heterocycles. The molecule has 1 aromatic carbocycles. The van der Waals surface area contributed by atoms with Crippen molar-refractivity contribution in [2.45, 2.75) is 50.9 Å². The molecule has 2 heterocycles. The number of nitrogens with zero attached hydrogens (tertiary/aromatic N) is 4. The summed E-state index contributed by atoms with van der Waals surface area (Å²) in [5.74, 6) is 2.17. The lowest BCUT2D eigenvalue weighted by molar-refractivity contribution is -0.166. The summed E-state index contributed by atoms with van der Waals surface area (Å²) in [5, 5.41) is 5.38. The van der Waals surface area contributed by atoms with Gasteiger partial charge in [-0.2, -0.15) is 10.1 Å². The number of carbonyl (C=O) groups excluding carboxylic acids is 1. The molecule has 184 valence electrons. The van der Waals surface area contributed by atoms with Gasteiger partial charge in [0.25, 0.3) is 0 Å². The third kappa shape index (κ3) is 4.73. The predicted molar refractivity (Wildman–Crippen MR) is 129 cm³/mol. The number of hydrogen-bond acceptors (Lipinski definition) is 8. The first-order chi connectivity index (χ1) is 17.0. The molecule has 9 heteroatoms. The van der Waals surface area contributed by atoms with Crippen LogP contribution in [0.2, 0.25) is 0 Å². The number of benzene rings is 1. The highest BCUT2D eigenvalue weighted by Gasteiger charge is 2.41. The van der Waals surface area contributed by atoms with Crippen LogP contribution in [0.15, 0.2) is 36.5 Å². The molecule has 1 saturated carbocycles. The molecule has 0 amide bonds. The van der Waals surface area contributed by atoms with Crippen molar-refractivity contribution in [2.75, 3.05) is 21.3 Å². The highest BCUT2D eigenvalue weighted by atomic mass is 16.6. The molecule has 9 nitrogen and oxygen atoms in total. The minimum absolute atomic E-state index is 0.359. The number of aromatic nitrogens is 4. The van der Waals surface area contributed by atoms with Crippen LogP contribution in [-0.2, 0) is 27.4 Å². The summed E-state index contributed by atoms with van der Waals surface area (Å²) in [7, 11) is 4.57. The van der Waals surface area contributed by atoms with Gasteiger partial charge in [-0.3, -0.25) is 0 Å². The second kappa shape index (κ2) is 9.65. The number of allylic oxidation sites excluding steroid dienone is 1. The summed E-state index contributed by atoms with van der Waals surface area (Å²) >= 11 is 0. The average molecular weight is 479 g/mol. The largest absolute Gasteiger partial charge is 0.497 e. The van der Waals surface area contributed by atoms with Crippen molar-refractivity contribution in [3.05, 3.63) is 47.9 Å². The molecule has 35 heavy (non-hydrogen) atoms. The standard InChI is InChI=1S/C26H30N4O5/c1-32-20-8-6-18(7-9-20)16-35-24-21-14-27-30(15-17-4-5-17)23(21)28-22(29-24)19-10-12-26(34-3,13-11-19)25(31)33-2/h6-10,14,17H,4-5,11-13,15-16H2,1-3H3. The predicted octanol–water partition coefficient (Wildman–Crippen LogP) is 3.95. The Hall–Kier alpha value is -3.46. The van der Waals surface area contributed by atoms with E-state index in [1.54, 1.807) is 20.4 Å². The lowest BCUT2D eigenvalue weighted by Crippen LogP contribution is -2.42. The number of hydrogen-bond donors (Lipinski definition) is 0. The van der Waals surface area contributed by atoms with Crippen LogP contribution < -0.4 is 9.47 Å². The van der Waals surface area contributed by atoms with Gasteiger partial charge in [-0.15, -0.1) is 0 Å². The Kier molecular flexibility index (Phi) is 6.42. The fourth-order valence-electron chi connectivity index (χ4n) is 4.41. The molecular formula is C26H30N4O5. The van der Waals surface area contributed by atoms with E-state index in [-0.39, 0.29) is 5.97 Å². The Labute approximate surface area is 204 Å². The van der Waals surface area contributed by atoms with Gasteiger partial charge >= 0.3 is 5.97 Å². The lowest BCUT2D eigenvalue weighted by Gasteiger charge is -2.32. The molecule has 5 rings (SSSR count). The second-order valence-electron chi connectivity index (χ2n) is 9.12. The molecule has 1 fully saturated rings. The number of esters is 1. The molecule has 0 saturated heterocycles. The van der Waals surface area contributed by atoms with Gasteiger partial charge in [0.15, 0.2) is 17.1 Å². The van der Waals surface area contributed by atoms with Gasteiger partial charge in [0.2, 0.25) is 5.88 Å². The van der Waals surface area contributed by atoms with Crippen LogP contribution in [0.1, 0.15) is 43.5 Å². The van der Waals surface area contributed by atoms with E-state index in [1.165, 1.54) is 20.0 Å². The lowest BCUT2D eigenvalue weighted by atomic mass is 9.85. The number of ether oxygens (including phenoxy) is 4. The molecule has 2 aliphatic carbocycles. The molecule has 0 radical (unpaired) electrons. The zero-order chi connectivity index (χ0) is 24.4. The summed E-state index contributed by atoms with van der Waals surface area (Å²) in [6.45, 7) is 1.20. The summed E-state index contributed by atoms with van der Waals surface area (Å²) in [4.78, 5) is 22.0. The molecule has 0 bridgehead atoms. The average Bonchev–Trinajstić information content (AvgIpc) is 3.64. The fourth-order valence-corrected chi connectivity index (χ4v) is 4.41. The number of rotatable bonds is 9. The maximum atomic E-state index is 12.3. The minimum Gasteiger partial charge on any atom is -0.497 e. The zero-order valence-corrected chi connectivity index (χ0v) is 20.3. The van der Waals surface area contributed by atoms with Crippen molar-refractivity contribution < 1.29 is 23.7 Å². The van der Waals surface area contributed by atoms with Crippen LogP contribution in [0.4, 0.5) is 0 Å². The van der Waals surface area contributed by atoms with E-state index in [0.717, 1.165) is 34.5 Å². The van der Waals surface area contributed by atoms with E-state index >= 15 is 0 Å². The smallest absolute Gasteiger partial charge is 0.338 e. The van der Waals surface area contributed by atoms with E-state index in [4.69, 9.17) is 28.9 Å². The number of fused-ring (bicyclic) bond motifs is 1. The monoisotopic (exact) mass is 478 g/mol. The van der Waals surface area contributed by atoms with Crippen molar-refractivity contribution in [1.29, 1.82) is 0 Å². The molecule has 2 aromatic heterocycles. The van der Waals surface area contributed by atoms with Crippen LogP contribution in [0.3, 0.4) is 0 Å². The van der Waals surface area contributed by atoms with E-state index in [1.807, 2.05) is 35.0 Å². The highest BCUT2D eigenvalue weighted by Crippen LogP contribution is 2.37. The maximum absolute atomic E-state index is 12.3. The SMILES string of the molecule is COC(=O)C1(OC)CC=C(c2nc(OCc3ccc(OC)cc3)c3cnn(CC4CC4)c3n2)CC1. The minimum atomic E-state index is -0.968. The Balaban J connectivity index is 1.46. The Bertz CT molecular complexity index is 1250. The Morgan fingerprint density at radius 2 is 1.94 bits per heavy atom. The number of carbonyl (C=O) groups is 1. The van der Waals surface area contributed by atoms with Crippen LogP contribution in [0.25, 0.3) is 16.6 Å².